The van der Waals surface area contributed by atoms with E-state index in [0.29, 0.717) is 0 Å². The van der Waals surface area contributed by atoms with Crippen molar-refractivity contribution in [2.24, 2.45) is 0 Å². The number of benzene rings is 3. The van der Waals surface area contributed by atoms with Crippen molar-refractivity contribution >= 4 is 40.7 Å². The summed E-state index contributed by atoms with van der Waals surface area (Å²) >= 11 is 0. The van der Waals surface area contributed by atoms with Crippen LogP contribution < -0.4 is 10.4 Å². The molecule has 4 aromatic rings. The highest BCUT2D eigenvalue weighted by atomic mass is 15.2. The molecular formula is C38H40BN2. The second-order valence-electron chi connectivity index (χ2n) is 14.0. The predicted molar refractivity (Wildman–Crippen MR) is 177 cm³/mol. The van der Waals surface area contributed by atoms with Crippen LogP contribution in [0.25, 0.3) is 16.6 Å². The van der Waals surface area contributed by atoms with E-state index in [1.807, 2.05) is 0 Å². The number of fused-ring (bicyclic) bond motifs is 5. The van der Waals surface area contributed by atoms with Gasteiger partial charge in [0.2, 0.25) is 0 Å². The van der Waals surface area contributed by atoms with Crippen molar-refractivity contribution < 1.29 is 0 Å². The molecule has 0 spiro atoms. The van der Waals surface area contributed by atoms with Gasteiger partial charge in [0.05, 0.1) is 11.4 Å². The molecule has 2 bridgehead atoms. The molecule has 205 valence electrons. The van der Waals surface area contributed by atoms with Crippen LogP contribution in [-0.2, 0) is 23.7 Å². The average Bonchev–Trinajstić information content (AvgIpc) is 3.27. The van der Waals surface area contributed by atoms with Gasteiger partial charge in [-0.15, -0.1) is 0 Å². The molecular weight excluding hydrogens is 495 g/mol. The van der Waals surface area contributed by atoms with E-state index >= 15 is 0 Å². The minimum absolute atomic E-state index is 0.0460. The zero-order valence-electron chi connectivity index (χ0n) is 25.4. The van der Waals surface area contributed by atoms with Gasteiger partial charge in [0.25, 0.3) is 0 Å². The minimum Gasteiger partial charge on any atom is -0.313 e. The summed E-state index contributed by atoms with van der Waals surface area (Å²) in [6.07, 6.45) is 11.7. The molecule has 7 rings (SSSR count). The Kier molecular flexibility index (Phi) is 6.01. The Balaban J connectivity index is 1.56. The van der Waals surface area contributed by atoms with E-state index in [1.54, 1.807) is 5.56 Å². The summed E-state index contributed by atoms with van der Waals surface area (Å²) in [7, 11) is 2.33. The lowest BCUT2D eigenvalue weighted by Gasteiger charge is -2.34. The fraction of sp³-hybridized carbons (Fsp3) is 0.316. The quantitative estimate of drug-likeness (QED) is 0.221. The Hall–Kier alpha value is -3.72. The summed E-state index contributed by atoms with van der Waals surface area (Å²) in [5.74, 6) is 2.31. The van der Waals surface area contributed by atoms with E-state index in [2.05, 4.69) is 143 Å². The lowest BCUT2D eigenvalue weighted by Crippen LogP contribution is -2.25. The van der Waals surface area contributed by atoms with Crippen molar-refractivity contribution in [3.63, 3.8) is 0 Å². The number of aryl methyl sites for hydroxylation is 1. The van der Waals surface area contributed by atoms with Crippen LogP contribution in [0.3, 0.4) is 0 Å². The highest BCUT2D eigenvalue weighted by Gasteiger charge is 2.29. The number of aromatic nitrogens is 1. The smallest absolute Gasteiger partial charge is 0.186 e. The van der Waals surface area contributed by atoms with E-state index in [-0.39, 0.29) is 10.8 Å². The van der Waals surface area contributed by atoms with Crippen molar-refractivity contribution in [1.29, 1.82) is 0 Å². The van der Waals surface area contributed by atoms with Crippen LogP contribution in [0.15, 0.2) is 90.6 Å². The van der Waals surface area contributed by atoms with Crippen molar-refractivity contribution in [2.75, 3.05) is 4.90 Å². The van der Waals surface area contributed by atoms with Gasteiger partial charge in [-0.3, -0.25) is 0 Å². The Morgan fingerprint density at radius 3 is 2.27 bits per heavy atom. The normalized spacial score (nSPS) is 19.8. The molecule has 2 nitrogen and oxygen atoms in total. The van der Waals surface area contributed by atoms with E-state index < -0.39 is 0 Å². The maximum atomic E-state index is 2.62. The molecule has 1 aliphatic carbocycles. The molecule has 0 saturated heterocycles. The molecule has 0 saturated carbocycles. The number of allylic oxidation sites excluding steroid dienone is 3. The third kappa shape index (κ3) is 4.33. The number of anilines is 2. The molecule has 1 aromatic heterocycles. The van der Waals surface area contributed by atoms with E-state index in [0.717, 1.165) is 18.5 Å². The number of para-hydroxylation sites is 1. The van der Waals surface area contributed by atoms with Gasteiger partial charge in [0.1, 0.15) is 0 Å². The molecule has 3 aromatic carbocycles. The maximum Gasteiger partial charge on any atom is 0.186 e. The number of rotatable bonds is 1. The summed E-state index contributed by atoms with van der Waals surface area (Å²) < 4.78 is 2.62. The fourth-order valence-electron chi connectivity index (χ4n) is 6.86. The molecule has 3 aliphatic rings. The van der Waals surface area contributed by atoms with Crippen molar-refractivity contribution in [2.45, 2.75) is 78.1 Å². The van der Waals surface area contributed by atoms with Crippen LogP contribution in [0, 0.1) is 0 Å². The average molecular weight is 536 g/mol. The second-order valence-corrected chi connectivity index (χ2v) is 14.0. The van der Waals surface area contributed by atoms with Crippen LogP contribution in [0.2, 0.25) is 0 Å². The highest BCUT2D eigenvalue weighted by molar-refractivity contribution is 6.62. The minimum atomic E-state index is 0.0460. The largest absolute Gasteiger partial charge is 0.313 e. The topological polar surface area (TPSA) is 8.17 Å². The van der Waals surface area contributed by atoms with E-state index in [9.17, 15) is 0 Å². The Morgan fingerprint density at radius 2 is 1.51 bits per heavy atom. The van der Waals surface area contributed by atoms with Gasteiger partial charge in [-0.25, -0.2) is 0 Å². The van der Waals surface area contributed by atoms with Crippen molar-refractivity contribution in [1.82, 2.24) is 4.57 Å². The van der Waals surface area contributed by atoms with Crippen LogP contribution in [-0.4, -0.2) is 11.8 Å². The zero-order valence-corrected chi connectivity index (χ0v) is 25.4. The summed E-state index contributed by atoms with van der Waals surface area (Å²) in [6.45, 7) is 13.8. The van der Waals surface area contributed by atoms with Gasteiger partial charge in [-0.05, 0) is 89.6 Å². The summed E-state index contributed by atoms with van der Waals surface area (Å²) in [4.78, 5) is 2.45. The lowest BCUT2D eigenvalue weighted by atomic mass is 9.68. The Morgan fingerprint density at radius 1 is 0.780 bits per heavy atom. The Bertz CT molecular complexity index is 1760. The van der Waals surface area contributed by atoms with Crippen LogP contribution >= 0.6 is 0 Å². The lowest BCUT2D eigenvalue weighted by molar-refractivity contribution is 0.590. The maximum absolute atomic E-state index is 2.62. The van der Waals surface area contributed by atoms with Crippen molar-refractivity contribution in [3.8, 4) is 0 Å². The second kappa shape index (κ2) is 9.41. The standard InChI is InChI=1S/C38H40BN2/c1-37(2,3)25-17-20-27(21-18-25)40-28-11-9-16-34(31-23-26(38(4,5)6)19-22-35(31)40)41-33-15-8-7-12-29(33)30-13-10-14-32(36(30)41)39-24-28/h9-11,13-14,16-24H,7-8,12,15H2,1-6H3/b11-9-,28-24-,34-16+. The predicted octanol–water partition coefficient (Wildman–Crippen LogP) is 8.90. The molecule has 1 radical (unpaired) electrons. The summed E-state index contributed by atoms with van der Waals surface area (Å²) in [5.41, 5.74) is 14.7. The first-order valence-corrected chi connectivity index (χ1v) is 15.3. The highest BCUT2D eigenvalue weighted by Crippen LogP contribution is 2.44. The molecule has 3 heteroatoms. The molecule has 0 amide bonds. The molecule has 0 atom stereocenters. The first-order chi connectivity index (χ1) is 19.6. The van der Waals surface area contributed by atoms with Crippen LogP contribution in [0.4, 0.5) is 11.4 Å². The summed E-state index contributed by atoms with van der Waals surface area (Å²) in [6, 6.07) is 23.2. The van der Waals surface area contributed by atoms with Gasteiger partial charge >= 0.3 is 0 Å². The first kappa shape index (κ1) is 26.2. The molecule has 3 heterocycles. The van der Waals surface area contributed by atoms with Gasteiger partial charge in [-0.2, -0.15) is 0 Å². The van der Waals surface area contributed by atoms with Gasteiger partial charge < -0.3 is 9.47 Å². The van der Waals surface area contributed by atoms with Gasteiger partial charge in [-0.1, -0.05) is 95.5 Å². The van der Waals surface area contributed by atoms with Crippen molar-refractivity contribution in [3.05, 3.63) is 119 Å². The number of nitrogens with zero attached hydrogens (tertiary/aromatic N) is 2. The van der Waals surface area contributed by atoms with Gasteiger partial charge in [0, 0.05) is 33.5 Å². The van der Waals surface area contributed by atoms with E-state index in [1.165, 1.54) is 68.7 Å². The SMILES string of the molecule is CC(C)(C)c1ccc(N2C3=C\[B]c4cccc5c6c(n(c45)/C(=C/C=C\3)c3cc(C(C)(C)C)ccc32)CCCC6)cc1. The summed E-state index contributed by atoms with van der Waals surface area (Å²) in [5, 5.41) is 1.42. The fourth-order valence-corrected chi connectivity index (χ4v) is 6.86. The van der Waals surface area contributed by atoms with Gasteiger partial charge in [0.15, 0.2) is 7.28 Å². The number of hydrogen-bond acceptors (Lipinski definition) is 1. The third-order valence-electron chi connectivity index (χ3n) is 9.15. The Labute approximate surface area is 246 Å². The molecule has 41 heavy (non-hydrogen) atoms. The molecule has 2 aliphatic heterocycles. The van der Waals surface area contributed by atoms with E-state index in [4.69, 9.17) is 0 Å². The molecule has 0 N–H and O–H groups in total. The third-order valence-corrected chi connectivity index (χ3v) is 9.15. The molecule has 0 fully saturated rings. The van der Waals surface area contributed by atoms with Crippen LogP contribution in [0.5, 0.6) is 0 Å². The first-order valence-electron chi connectivity index (χ1n) is 15.3. The monoisotopic (exact) mass is 535 g/mol. The zero-order chi connectivity index (χ0) is 28.5. The molecule has 0 unspecified atom stereocenters. The van der Waals surface area contributed by atoms with Crippen LogP contribution in [0.1, 0.15) is 82.3 Å². The number of hydrogen-bond donors (Lipinski definition) is 0.